The Bertz CT molecular complexity index is 806. The van der Waals surface area contributed by atoms with Crippen molar-refractivity contribution in [1.29, 1.82) is 0 Å². The number of aliphatic hydroxyl groups is 1. The zero-order chi connectivity index (χ0) is 21.2. The Morgan fingerprint density at radius 2 is 1.80 bits per heavy atom. The number of amides is 1. The molecule has 0 saturated carbocycles. The minimum absolute atomic E-state index is 0.0158. The van der Waals surface area contributed by atoms with Gasteiger partial charge in [-0.3, -0.25) is 4.79 Å². The van der Waals surface area contributed by atoms with Crippen LogP contribution in [-0.4, -0.2) is 37.1 Å². The molecule has 160 valence electrons. The number of nitrogens with one attached hydrogen (secondary N) is 1. The summed E-state index contributed by atoms with van der Waals surface area (Å²) in [5.74, 6) is 0.0890. The van der Waals surface area contributed by atoms with E-state index < -0.39 is 6.29 Å². The average Bonchev–Trinajstić information content (AvgIpc) is 2.79. The predicted molar refractivity (Wildman–Crippen MR) is 117 cm³/mol. The van der Waals surface area contributed by atoms with E-state index in [1.807, 2.05) is 61.5 Å². The van der Waals surface area contributed by atoms with Crippen molar-refractivity contribution in [2.75, 3.05) is 19.8 Å². The summed E-state index contributed by atoms with van der Waals surface area (Å²) in [7, 11) is 0. The lowest BCUT2D eigenvalue weighted by Gasteiger charge is -2.37. The fourth-order valence-corrected chi connectivity index (χ4v) is 3.87. The average molecular weight is 410 g/mol. The SMILES string of the molecule is CCO[C@H]1OC(C(=O)NCCc2ccccc2)=C[C@@H](c2ccccc2)[C@@H]1CCCO. The van der Waals surface area contributed by atoms with Crippen molar-refractivity contribution in [2.24, 2.45) is 5.92 Å². The van der Waals surface area contributed by atoms with Crippen LogP contribution in [-0.2, 0) is 20.7 Å². The highest BCUT2D eigenvalue weighted by Gasteiger charge is 2.37. The van der Waals surface area contributed by atoms with Gasteiger partial charge >= 0.3 is 0 Å². The van der Waals surface area contributed by atoms with Crippen molar-refractivity contribution in [1.82, 2.24) is 5.32 Å². The van der Waals surface area contributed by atoms with Crippen LogP contribution in [0.5, 0.6) is 0 Å². The first-order chi connectivity index (χ1) is 14.7. The Kier molecular flexibility index (Phi) is 8.48. The fourth-order valence-electron chi connectivity index (χ4n) is 3.87. The summed E-state index contributed by atoms with van der Waals surface area (Å²) in [6.07, 6.45) is 3.56. The summed E-state index contributed by atoms with van der Waals surface area (Å²) < 4.78 is 11.9. The Morgan fingerprint density at radius 1 is 1.10 bits per heavy atom. The molecule has 1 aliphatic rings. The van der Waals surface area contributed by atoms with Crippen molar-refractivity contribution in [3.8, 4) is 0 Å². The molecule has 0 saturated heterocycles. The van der Waals surface area contributed by atoms with Crippen molar-refractivity contribution in [3.63, 3.8) is 0 Å². The van der Waals surface area contributed by atoms with Gasteiger partial charge in [-0.1, -0.05) is 60.7 Å². The van der Waals surface area contributed by atoms with E-state index in [0.29, 0.717) is 25.3 Å². The minimum Gasteiger partial charge on any atom is -0.459 e. The number of hydrogen-bond donors (Lipinski definition) is 2. The Balaban J connectivity index is 1.76. The van der Waals surface area contributed by atoms with E-state index in [2.05, 4.69) is 17.4 Å². The molecule has 0 fully saturated rings. The first-order valence-corrected chi connectivity index (χ1v) is 10.7. The van der Waals surface area contributed by atoms with Crippen LogP contribution in [0.4, 0.5) is 0 Å². The molecule has 5 heteroatoms. The molecule has 1 amide bonds. The summed E-state index contributed by atoms with van der Waals surface area (Å²) in [5.41, 5.74) is 2.29. The van der Waals surface area contributed by atoms with Crippen LogP contribution in [0.25, 0.3) is 0 Å². The van der Waals surface area contributed by atoms with Crippen LogP contribution in [0.1, 0.15) is 36.8 Å². The number of carbonyl (C=O) groups is 1. The molecule has 0 radical (unpaired) electrons. The summed E-state index contributed by atoms with van der Waals surface area (Å²) in [4.78, 5) is 12.8. The van der Waals surface area contributed by atoms with Gasteiger partial charge in [0, 0.05) is 31.6 Å². The summed E-state index contributed by atoms with van der Waals surface area (Å²) in [6.45, 7) is 3.06. The maximum atomic E-state index is 12.8. The highest BCUT2D eigenvalue weighted by atomic mass is 16.7. The largest absolute Gasteiger partial charge is 0.459 e. The molecule has 1 heterocycles. The number of benzene rings is 2. The van der Waals surface area contributed by atoms with Gasteiger partial charge < -0.3 is 19.9 Å². The molecule has 30 heavy (non-hydrogen) atoms. The predicted octanol–water partition coefficient (Wildman–Crippen LogP) is 3.79. The van der Waals surface area contributed by atoms with E-state index >= 15 is 0 Å². The molecule has 2 N–H and O–H groups in total. The van der Waals surface area contributed by atoms with E-state index in [4.69, 9.17) is 9.47 Å². The van der Waals surface area contributed by atoms with Gasteiger partial charge in [-0.05, 0) is 43.4 Å². The lowest BCUT2D eigenvalue weighted by molar-refractivity contribution is -0.166. The van der Waals surface area contributed by atoms with Crippen molar-refractivity contribution < 1.29 is 19.4 Å². The van der Waals surface area contributed by atoms with Crippen molar-refractivity contribution in [3.05, 3.63) is 83.6 Å². The van der Waals surface area contributed by atoms with Crippen LogP contribution in [0, 0.1) is 5.92 Å². The first-order valence-electron chi connectivity index (χ1n) is 10.7. The molecule has 0 aromatic heterocycles. The van der Waals surface area contributed by atoms with Crippen LogP contribution < -0.4 is 5.32 Å². The minimum atomic E-state index is -0.522. The quantitative estimate of drug-likeness (QED) is 0.626. The van der Waals surface area contributed by atoms with E-state index in [9.17, 15) is 9.90 Å². The monoisotopic (exact) mass is 409 g/mol. The Morgan fingerprint density at radius 3 is 2.47 bits per heavy atom. The molecule has 0 aliphatic carbocycles. The molecule has 0 unspecified atom stereocenters. The van der Waals surface area contributed by atoms with Crippen LogP contribution in [0.15, 0.2) is 72.5 Å². The Hall–Kier alpha value is -2.63. The molecular formula is C25H31NO4. The van der Waals surface area contributed by atoms with Gasteiger partial charge in [-0.25, -0.2) is 0 Å². The molecule has 5 nitrogen and oxygen atoms in total. The van der Waals surface area contributed by atoms with Crippen LogP contribution >= 0.6 is 0 Å². The normalized spacial score (nSPS) is 20.9. The summed E-state index contributed by atoms with van der Waals surface area (Å²) in [5, 5.41) is 12.3. The number of hydrogen-bond acceptors (Lipinski definition) is 4. The molecule has 3 rings (SSSR count). The molecule has 3 atom stereocenters. The molecule has 0 bridgehead atoms. The summed E-state index contributed by atoms with van der Waals surface area (Å²) in [6, 6.07) is 20.2. The summed E-state index contributed by atoms with van der Waals surface area (Å²) >= 11 is 0. The van der Waals surface area contributed by atoms with Gasteiger partial charge in [0.05, 0.1) is 0 Å². The standard InChI is InChI=1S/C25H31NO4/c1-2-29-25-21(14-9-17-27)22(20-12-7-4-8-13-20)18-23(30-25)24(28)26-16-15-19-10-5-3-6-11-19/h3-8,10-13,18,21-22,25,27H,2,9,14-17H2,1H3,(H,26,28)/t21-,22-,25-/m0/s1. The number of aliphatic hydroxyl groups excluding tert-OH is 1. The van der Waals surface area contributed by atoms with Gasteiger partial charge in [0.2, 0.25) is 6.29 Å². The third-order valence-electron chi connectivity index (χ3n) is 5.36. The number of carbonyl (C=O) groups excluding carboxylic acids is 1. The number of allylic oxidation sites excluding steroid dienone is 1. The van der Waals surface area contributed by atoms with Crippen LogP contribution in [0.2, 0.25) is 0 Å². The third kappa shape index (κ3) is 5.94. The van der Waals surface area contributed by atoms with E-state index in [-0.39, 0.29) is 24.3 Å². The van der Waals surface area contributed by atoms with Gasteiger partial charge in [0.15, 0.2) is 5.76 Å². The smallest absolute Gasteiger partial charge is 0.286 e. The zero-order valence-corrected chi connectivity index (χ0v) is 17.5. The molecular weight excluding hydrogens is 378 g/mol. The highest BCUT2D eigenvalue weighted by Crippen LogP contribution is 2.39. The second-order valence-electron chi connectivity index (χ2n) is 7.43. The van der Waals surface area contributed by atoms with E-state index in [1.165, 1.54) is 5.56 Å². The lowest BCUT2D eigenvalue weighted by Crippen LogP contribution is -2.39. The topological polar surface area (TPSA) is 67.8 Å². The van der Waals surface area contributed by atoms with E-state index in [1.54, 1.807) is 0 Å². The maximum Gasteiger partial charge on any atom is 0.286 e. The lowest BCUT2D eigenvalue weighted by atomic mass is 9.80. The Labute approximate surface area is 178 Å². The highest BCUT2D eigenvalue weighted by molar-refractivity contribution is 5.91. The van der Waals surface area contributed by atoms with Crippen LogP contribution in [0.3, 0.4) is 0 Å². The number of ether oxygens (including phenoxy) is 2. The number of rotatable bonds is 10. The van der Waals surface area contributed by atoms with Gasteiger partial charge in [0.1, 0.15) is 0 Å². The van der Waals surface area contributed by atoms with Crippen molar-refractivity contribution >= 4 is 5.91 Å². The molecule has 2 aromatic carbocycles. The van der Waals surface area contributed by atoms with Gasteiger partial charge in [-0.2, -0.15) is 0 Å². The molecule has 1 aliphatic heterocycles. The van der Waals surface area contributed by atoms with E-state index in [0.717, 1.165) is 18.4 Å². The third-order valence-corrected chi connectivity index (χ3v) is 5.36. The molecule has 2 aromatic rings. The maximum absolute atomic E-state index is 12.8. The fraction of sp³-hybridized carbons (Fsp3) is 0.400. The van der Waals surface area contributed by atoms with Gasteiger partial charge in [0.25, 0.3) is 5.91 Å². The first kappa shape index (κ1) is 22.1. The second-order valence-corrected chi connectivity index (χ2v) is 7.43. The second kappa shape index (κ2) is 11.5. The van der Waals surface area contributed by atoms with Gasteiger partial charge in [-0.15, -0.1) is 0 Å². The van der Waals surface area contributed by atoms with Crippen molar-refractivity contribution in [2.45, 2.75) is 38.4 Å². The molecule has 0 spiro atoms. The zero-order valence-electron chi connectivity index (χ0n) is 17.5.